The van der Waals surface area contributed by atoms with E-state index in [2.05, 4.69) is 5.32 Å². The first kappa shape index (κ1) is 10.9. The maximum atomic E-state index is 12.3. The molecule has 64 valence electrons. The Kier molecular flexibility index (Phi) is 5.46. The number of nitrogens with one attached hydrogen (secondary N) is 1. The van der Waals surface area contributed by atoms with Crippen LogP contribution in [0.4, 0.5) is 4.39 Å². The van der Waals surface area contributed by atoms with Gasteiger partial charge in [-0.05, 0) is 18.7 Å². The minimum Gasteiger partial charge on any atom is -0.312 e. The van der Waals surface area contributed by atoms with Gasteiger partial charge >= 0.3 is 0 Å². The van der Waals surface area contributed by atoms with Crippen LogP contribution in [0.15, 0.2) is 12.1 Å². The molecule has 1 nitrogen and oxygen atoms in total. The molecule has 1 heterocycles. The fourth-order valence-corrected chi connectivity index (χ4v) is 1.39. The van der Waals surface area contributed by atoms with E-state index in [1.807, 2.05) is 13.0 Å². The van der Waals surface area contributed by atoms with Crippen LogP contribution in [0.1, 0.15) is 11.8 Å². The molecule has 1 aromatic rings. The highest BCUT2D eigenvalue weighted by atomic mass is 35.5. The van der Waals surface area contributed by atoms with Crippen molar-refractivity contribution in [2.45, 2.75) is 13.5 Å². The lowest BCUT2D eigenvalue weighted by Crippen LogP contribution is -2.10. The summed E-state index contributed by atoms with van der Waals surface area (Å²) in [6.07, 6.45) is 0. The molecule has 0 spiro atoms. The lowest BCUT2D eigenvalue weighted by molar-refractivity contribution is 0.657. The molecule has 0 amide bonds. The summed E-state index contributed by atoms with van der Waals surface area (Å²) in [6, 6.07) is 3.31. The standard InChI is InChI=1S/C7H10FNS.ClH/c1-2-9-5-6-3-4-7(8)10-6;/h3-4,9H,2,5H2,1H3;1H. The van der Waals surface area contributed by atoms with E-state index in [9.17, 15) is 4.39 Å². The largest absolute Gasteiger partial charge is 0.312 e. The molecule has 0 aliphatic carbocycles. The Balaban J connectivity index is 0.000001000. The molecule has 1 rings (SSSR count). The average molecular weight is 196 g/mol. The smallest absolute Gasteiger partial charge is 0.176 e. The molecule has 0 bridgehead atoms. The van der Waals surface area contributed by atoms with E-state index in [0.29, 0.717) is 0 Å². The van der Waals surface area contributed by atoms with Crippen LogP contribution in [-0.2, 0) is 6.54 Å². The molecule has 0 aliphatic rings. The fourth-order valence-electron chi connectivity index (χ4n) is 0.695. The van der Waals surface area contributed by atoms with Crippen molar-refractivity contribution in [3.05, 3.63) is 22.1 Å². The minimum absolute atomic E-state index is 0. The summed E-state index contributed by atoms with van der Waals surface area (Å²) >= 11 is 1.20. The zero-order valence-corrected chi connectivity index (χ0v) is 7.90. The van der Waals surface area contributed by atoms with Gasteiger partial charge in [-0.3, -0.25) is 0 Å². The second-order valence-electron chi connectivity index (χ2n) is 1.99. The molecule has 0 saturated carbocycles. The van der Waals surface area contributed by atoms with Gasteiger partial charge in [0.15, 0.2) is 5.13 Å². The van der Waals surface area contributed by atoms with Gasteiger partial charge in [-0.1, -0.05) is 6.92 Å². The molecule has 0 saturated heterocycles. The lowest BCUT2D eigenvalue weighted by atomic mass is 10.4. The van der Waals surface area contributed by atoms with Crippen molar-refractivity contribution >= 4 is 23.7 Å². The van der Waals surface area contributed by atoms with Crippen molar-refractivity contribution in [2.75, 3.05) is 6.54 Å². The second kappa shape index (κ2) is 5.52. The highest BCUT2D eigenvalue weighted by molar-refractivity contribution is 7.10. The molecule has 1 N–H and O–H groups in total. The summed E-state index contributed by atoms with van der Waals surface area (Å²) in [7, 11) is 0. The summed E-state index contributed by atoms with van der Waals surface area (Å²) < 4.78 is 12.3. The molecule has 0 aliphatic heterocycles. The Morgan fingerprint density at radius 2 is 2.27 bits per heavy atom. The third-order valence-electron chi connectivity index (χ3n) is 1.18. The summed E-state index contributed by atoms with van der Waals surface area (Å²) in [5.41, 5.74) is 0. The molecular weight excluding hydrogens is 185 g/mol. The summed E-state index contributed by atoms with van der Waals surface area (Å²) in [4.78, 5) is 1.05. The van der Waals surface area contributed by atoms with E-state index < -0.39 is 0 Å². The van der Waals surface area contributed by atoms with Gasteiger partial charge in [-0.25, -0.2) is 0 Å². The summed E-state index contributed by atoms with van der Waals surface area (Å²) in [5, 5.41) is 3.02. The zero-order chi connectivity index (χ0) is 7.40. The van der Waals surface area contributed by atoms with E-state index in [1.165, 1.54) is 17.4 Å². The Morgan fingerprint density at radius 3 is 2.73 bits per heavy atom. The van der Waals surface area contributed by atoms with E-state index in [-0.39, 0.29) is 17.5 Å². The molecule has 0 fully saturated rings. The predicted octanol–water partition coefficient (Wildman–Crippen LogP) is 2.42. The van der Waals surface area contributed by atoms with Crippen LogP contribution in [0, 0.1) is 5.13 Å². The van der Waals surface area contributed by atoms with Crippen LogP contribution >= 0.6 is 23.7 Å². The number of thiophene rings is 1. The monoisotopic (exact) mass is 195 g/mol. The van der Waals surface area contributed by atoms with Crippen molar-refractivity contribution in [3.63, 3.8) is 0 Å². The first-order valence-electron chi connectivity index (χ1n) is 3.28. The lowest BCUT2D eigenvalue weighted by Gasteiger charge is -1.94. The van der Waals surface area contributed by atoms with Crippen LogP contribution in [0.5, 0.6) is 0 Å². The first-order valence-corrected chi connectivity index (χ1v) is 4.09. The molecule has 11 heavy (non-hydrogen) atoms. The van der Waals surface area contributed by atoms with Gasteiger partial charge in [0.1, 0.15) is 0 Å². The molecule has 0 atom stereocenters. The first-order chi connectivity index (χ1) is 4.83. The minimum atomic E-state index is -0.104. The Labute approximate surface area is 76.0 Å². The Hall–Kier alpha value is -0.120. The van der Waals surface area contributed by atoms with Crippen LogP contribution in [0.25, 0.3) is 0 Å². The van der Waals surface area contributed by atoms with Gasteiger partial charge in [0.25, 0.3) is 0 Å². The van der Waals surface area contributed by atoms with Crippen molar-refractivity contribution in [1.29, 1.82) is 0 Å². The maximum absolute atomic E-state index is 12.3. The molecular formula is C7H11ClFNS. The Bertz CT molecular complexity index is 202. The van der Waals surface area contributed by atoms with Crippen LogP contribution in [0.2, 0.25) is 0 Å². The quantitative estimate of drug-likeness (QED) is 0.781. The van der Waals surface area contributed by atoms with Gasteiger partial charge < -0.3 is 5.32 Å². The van der Waals surface area contributed by atoms with E-state index >= 15 is 0 Å². The van der Waals surface area contributed by atoms with Crippen molar-refractivity contribution in [2.24, 2.45) is 0 Å². The van der Waals surface area contributed by atoms with Crippen LogP contribution in [-0.4, -0.2) is 6.54 Å². The van der Waals surface area contributed by atoms with Crippen molar-refractivity contribution in [3.8, 4) is 0 Å². The third-order valence-corrected chi connectivity index (χ3v) is 2.05. The fraction of sp³-hybridized carbons (Fsp3) is 0.429. The highest BCUT2D eigenvalue weighted by Crippen LogP contribution is 2.13. The topological polar surface area (TPSA) is 12.0 Å². The predicted molar refractivity (Wildman–Crippen MR) is 48.9 cm³/mol. The SMILES string of the molecule is CCNCc1ccc(F)s1.Cl. The van der Waals surface area contributed by atoms with Crippen LogP contribution in [0.3, 0.4) is 0 Å². The van der Waals surface area contributed by atoms with Gasteiger partial charge in [0.2, 0.25) is 0 Å². The normalized spacial score (nSPS) is 9.27. The average Bonchev–Trinajstić information content (AvgIpc) is 2.31. The van der Waals surface area contributed by atoms with E-state index in [4.69, 9.17) is 0 Å². The van der Waals surface area contributed by atoms with Crippen LogP contribution < -0.4 is 5.32 Å². The zero-order valence-electron chi connectivity index (χ0n) is 6.26. The molecule has 0 aromatic carbocycles. The van der Waals surface area contributed by atoms with E-state index in [1.54, 1.807) is 0 Å². The van der Waals surface area contributed by atoms with Gasteiger partial charge in [0, 0.05) is 11.4 Å². The van der Waals surface area contributed by atoms with Gasteiger partial charge in [0.05, 0.1) is 0 Å². The summed E-state index contributed by atoms with van der Waals surface area (Å²) in [6.45, 7) is 3.74. The second-order valence-corrected chi connectivity index (χ2v) is 3.10. The molecule has 4 heteroatoms. The highest BCUT2D eigenvalue weighted by Gasteiger charge is 1.95. The Morgan fingerprint density at radius 1 is 1.55 bits per heavy atom. The summed E-state index contributed by atoms with van der Waals surface area (Å²) in [5.74, 6) is 0. The molecule has 0 unspecified atom stereocenters. The van der Waals surface area contributed by atoms with Crippen molar-refractivity contribution < 1.29 is 4.39 Å². The number of halogens is 2. The molecule has 1 aromatic heterocycles. The maximum Gasteiger partial charge on any atom is 0.176 e. The molecule has 0 radical (unpaired) electrons. The number of hydrogen-bond donors (Lipinski definition) is 1. The third kappa shape index (κ3) is 3.70. The van der Waals surface area contributed by atoms with Gasteiger partial charge in [-0.15, -0.1) is 23.7 Å². The van der Waals surface area contributed by atoms with Gasteiger partial charge in [-0.2, -0.15) is 4.39 Å². The number of hydrogen-bond acceptors (Lipinski definition) is 2. The van der Waals surface area contributed by atoms with Crippen molar-refractivity contribution in [1.82, 2.24) is 5.32 Å². The number of rotatable bonds is 3. The van der Waals surface area contributed by atoms with E-state index in [0.717, 1.165) is 18.0 Å².